The molecular weight excluding hydrogens is 276 g/mol. The Morgan fingerprint density at radius 2 is 1.78 bits per heavy atom. The second kappa shape index (κ2) is 6.35. The summed E-state index contributed by atoms with van der Waals surface area (Å²) in [5.41, 5.74) is 7.46. The lowest BCUT2D eigenvalue weighted by atomic mass is 9.82. The smallest absolute Gasteiger partial charge is 0.0130 e. The second-order valence-corrected chi connectivity index (χ2v) is 7.78. The van der Waals surface area contributed by atoms with Crippen molar-refractivity contribution < 1.29 is 0 Å². The summed E-state index contributed by atoms with van der Waals surface area (Å²) in [6.45, 7) is 9.08. The molecule has 0 saturated carbocycles. The van der Waals surface area contributed by atoms with Gasteiger partial charge in [-0.3, -0.25) is 0 Å². The highest BCUT2D eigenvalue weighted by atomic mass is 14.3. The summed E-state index contributed by atoms with van der Waals surface area (Å²) in [5.74, 6) is 0.486. The molecule has 0 aliphatic heterocycles. The molecule has 0 spiro atoms. The fraction of sp³-hybridized carbons (Fsp3) is 0.391. The summed E-state index contributed by atoms with van der Waals surface area (Å²) in [6, 6.07) is 9.29. The van der Waals surface area contributed by atoms with Crippen LogP contribution in [0.2, 0.25) is 0 Å². The zero-order valence-corrected chi connectivity index (χ0v) is 14.9. The van der Waals surface area contributed by atoms with E-state index in [4.69, 9.17) is 0 Å². The van der Waals surface area contributed by atoms with E-state index in [2.05, 4.69) is 82.3 Å². The van der Waals surface area contributed by atoms with E-state index in [1.807, 2.05) is 0 Å². The summed E-state index contributed by atoms with van der Waals surface area (Å²) in [5, 5.41) is 0. The molecule has 0 aromatic heterocycles. The average molecular weight is 304 g/mol. The molecule has 2 aliphatic rings. The molecule has 2 aliphatic carbocycles. The number of allylic oxidation sites excluding steroid dienone is 8. The molecule has 23 heavy (non-hydrogen) atoms. The van der Waals surface area contributed by atoms with E-state index in [9.17, 15) is 0 Å². The molecule has 1 atom stereocenters. The van der Waals surface area contributed by atoms with Crippen LogP contribution in [-0.2, 0) is 5.41 Å². The van der Waals surface area contributed by atoms with E-state index in [1.165, 1.54) is 40.7 Å². The van der Waals surface area contributed by atoms with Crippen molar-refractivity contribution in [3.8, 4) is 0 Å². The van der Waals surface area contributed by atoms with Crippen LogP contribution in [0.4, 0.5) is 0 Å². The molecule has 0 heterocycles. The standard InChI is InChI=1S/C23H28/c1-5-8-17-15-19-9-6-7-10-21(22(19)16-17)18-11-13-20(14-12-18)23(2,3)4/h6-7,9,11-16,21H,5,8,10H2,1-4H3. The number of hydrogen-bond acceptors (Lipinski definition) is 0. The van der Waals surface area contributed by atoms with E-state index >= 15 is 0 Å². The lowest BCUT2D eigenvalue weighted by Crippen LogP contribution is -2.11. The molecule has 0 fully saturated rings. The fourth-order valence-electron chi connectivity index (χ4n) is 3.53. The van der Waals surface area contributed by atoms with Gasteiger partial charge >= 0.3 is 0 Å². The van der Waals surface area contributed by atoms with E-state index in [-0.39, 0.29) is 5.41 Å². The molecule has 0 N–H and O–H groups in total. The lowest BCUT2D eigenvalue weighted by Gasteiger charge is -2.22. The zero-order valence-electron chi connectivity index (χ0n) is 14.9. The molecular formula is C23H28. The molecule has 0 saturated heterocycles. The highest BCUT2D eigenvalue weighted by molar-refractivity contribution is 5.59. The van der Waals surface area contributed by atoms with Crippen molar-refractivity contribution in [1.29, 1.82) is 0 Å². The molecule has 0 heteroatoms. The lowest BCUT2D eigenvalue weighted by molar-refractivity contribution is 0.589. The van der Waals surface area contributed by atoms with Gasteiger partial charge in [-0.25, -0.2) is 0 Å². The maximum Gasteiger partial charge on any atom is 0.0130 e. The molecule has 0 nitrogen and oxygen atoms in total. The van der Waals surface area contributed by atoms with Gasteiger partial charge in [-0.05, 0) is 46.1 Å². The number of benzene rings is 1. The first-order valence-corrected chi connectivity index (χ1v) is 8.89. The van der Waals surface area contributed by atoms with Gasteiger partial charge in [0.15, 0.2) is 0 Å². The predicted octanol–water partition coefficient (Wildman–Crippen LogP) is 6.62. The zero-order chi connectivity index (χ0) is 16.4. The SMILES string of the molecule is CCCC1=CC2=CC=CCC(c3ccc(C(C)(C)C)cc3)C2=C1. The molecule has 0 radical (unpaired) electrons. The summed E-state index contributed by atoms with van der Waals surface area (Å²) < 4.78 is 0. The van der Waals surface area contributed by atoms with Crippen LogP contribution in [0.25, 0.3) is 0 Å². The quantitative estimate of drug-likeness (QED) is 0.588. The first-order valence-electron chi connectivity index (χ1n) is 8.89. The monoisotopic (exact) mass is 304 g/mol. The number of hydrogen-bond donors (Lipinski definition) is 0. The van der Waals surface area contributed by atoms with Crippen LogP contribution < -0.4 is 0 Å². The Labute approximate surface area is 141 Å². The van der Waals surface area contributed by atoms with Crippen LogP contribution in [0.1, 0.15) is 64.0 Å². The largest absolute Gasteiger partial charge is 0.0836 e. The van der Waals surface area contributed by atoms with Crippen molar-refractivity contribution in [1.82, 2.24) is 0 Å². The Balaban J connectivity index is 1.92. The van der Waals surface area contributed by atoms with Crippen LogP contribution in [0.3, 0.4) is 0 Å². The van der Waals surface area contributed by atoms with E-state index < -0.39 is 0 Å². The molecule has 0 amide bonds. The Kier molecular flexibility index (Phi) is 4.43. The second-order valence-electron chi connectivity index (χ2n) is 7.78. The predicted molar refractivity (Wildman–Crippen MR) is 101 cm³/mol. The fourth-order valence-corrected chi connectivity index (χ4v) is 3.53. The van der Waals surface area contributed by atoms with Gasteiger partial charge in [-0.15, -0.1) is 0 Å². The van der Waals surface area contributed by atoms with Crippen molar-refractivity contribution in [3.63, 3.8) is 0 Å². The normalized spacial score (nSPS) is 20.5. The summed E-state index contributed by atoms with van der Waals surface area (Å²) in [4.78, 5) is 0. The minimum absolute atomic E-state index is 0.218. The van der Waals surface area contributed by atoms with Crippen molar-refractivity contribution in [3.05, 3.63) is 82.5 Å². The van der Waals surface area contributed by atoms with Gasteiger partial charge in [0.2, 0.25) is 0 Å². The summed E-state index contributed by atoms with van der Waals surface area (Å²) in [7, 11) is 0. The van der Waals surface area contributed by atoms with Gasteiger partial charge in [-0.1, -0.05) is 88.8 Å². The van der Waals surface area contributed by atoms with Crippen LogP contribution >= 0.6 is 0 Å². The molecule has 1 aromatic rings. The Morgan fingerprint density at radius 3 is 2.43 bits per heavy atom. The van der Waals surface area contributed by atoms with Crippen molar-refractivity contribution in [2.45, 2.75) is 58.3 Å². The van der Waals surface area contributed by atoms with Crippen molar-refractivity contribution >= 4 is 0 Å². The van der Waals surface area contributed by atoms with E-state index in [1.54, 1.807) is 0 Å². The average Bonchev–Trinajstić information content (AvgIpc) is 2.80. The van der Waals surface area contributed by atoms with Crippen molar-refractivity contribution in [2.75, 3.05) is 0 Å². The van der Waals surface area contributed by atoms with Gasteiger partial charge in [0, 0.05) is 5.92 Å². The Hall–Kier alpha value is -1.82. The third kappa shape index (κ3) is 3.42. The highest BCUT2D eigenvalue weighted by Gasteiger charge is 2.23. The third-order valence-electron chi connectivity index (χ3n) is 4.89. The molecule has 0 bridgehead atoms. The molecule has 1 aromatic carbocycles. The van der Waals surface area contributed by atoms with Crippen molar-refractivity contribution in [2.24, 2.45) is 0 Å². The Bertz CT molecular complexity index is 685. The van der Waals surface area contributed by atoms with Crippen LogP contribution in [0.15, 0.2) is 71.4 Å². The van der Waals surface area contributed by atoms with E-state index in [0.717, 1.165) is 6.42 Å². The first-order chi connectivity index (χ1) is 11.0. The van der Waals surface area contributed by atoms with Gasteiger partial charge in [0.05, 0.1) is 0 Å². The summed E-state index contributed by atoms with van der Waals surface area (Å²) >= 11 is 0. The van der Waals surface area contributed by atoms with Crippen LogP contribution in [0.5, 0.6) is 0 Å². The van der Waals surface area contributed by atoms with E-state index in [0.29, 0.717) is 5.92 Å². The minimum Gasteiger partial charge on any atom is -0.0836 e. The molecule has 1 unspecified atom stereocenters. The topological polar surface area (TPSA) is 0 Å². The number of fused-ring (bicyclic) bond motifs is 1. The molecule has 120 valence electrons. The Morgan fingerprint density at radius 1 is 1.04 bits per heavy atom. The number of rotatable bonds is 3. The first kappa shape index (κ1) is 16.1. The molecule has 3 rings (SSSR count). The van der Waals surface area contributed by atoms with Gasteiger partial charge in [0.1, 0.15) is 0 Å². The van der Waals surface area contributed by atoms with Gasteiger partial charge < -0.3 is 0 Å². The van der Waals surface area contributed by atoms with Gasteiger partial charge in [-0.2, -0.15) is 0 Å². The van der Waals surface area contributed by atoms with Gasteiger partial charge in [0.25, 0.3) is 0 Å². The maximum atomic E-state index is 2.44. The highest BCUT2D eigenvalue weighted by Crippen LogP contribution is 2.40. The maximum absolute atomic E-state index is 2.44. The van der Waals surface area contributed by atoms with Crippen LogP contribution in [-0.4, -0.2) is 0 Å². The third-order valence-corrected chi connectivity index (χ3v) is 4.89. The summed E-state index contributed by atoms with van der Waals surface area (Å²) in [6.07, 6.45) is 15.1. The minimum atomic E-state index is 0.218. The van der Waals surface area contributed by atoms with Crippen LogP contribution in [0, 0.1) is 0 Å².